The average Bonchev–Trinajstić information content (AvgIpc) is 3.31. The van der Waals surface area contributed by atoms with Gasteiger partial charge >= 0.3 is 12.1 Å². The molecule has 0 unspecified atom stereocenters. The Morgan fingerprint density at radius 1 is 0.906 bits per heavy atom. The van der Waals surface area contributed by atoms with Gasteiger partial charge in [0.2, 0.25) is 0 Å². The molecule has 0 radical (unpaired) electrons. The van der Waals surface area contributed by atoms with Gasteiger partial charge in [-0.05, 0) is 24.6 Å². The molecule has 2 aromatic heterocycles. The number of carboxylic acids is 1. The quantitative estimate of drug-likeness (QED) is 0.286. The lowest BCUT2D eigenvalue weighted by atomic mass is 10.1. The highest BCUT2D eigenvalue weighted by molar-refractivity contribution is 6.10. The number of carbonyl (C=O) groups excluding carboxylic acids is 1. The third-order valence-corrected chi connectivity index (χ3v) is 4.55. The number of nitrogens with one attached hydrogen (secondary N) is 2. The van der Waals surface area contributed by atoms with Gasteiger partial charge in [0.1, 0.15) is 17.4 Å². The predicted molar refractivity (Wildman–Crippen MR) is 105 cm³/mol. The van der Waals surface area contributed by atoms with Gasteiger partial charge in [-0.15, -0.1) is 0 Å². The number of hydrogen-bond acceptors (Lipinski definition) is 3. The summed E-state index contributed by atoms with van der Waals surface area (Å²) in [5.41, 5.74) is 0.572. The van der Waals surface area contributed by atoms with Crippen LogP contribution in [0, 0.1) is 18.6 Å². The minimum atomic E-state index is -5.04. The Kier molecular flexibility index (Phi) is 5.93. The maximum atomic E-state index is 13.7. The number of ether oxygens (including phenoxy) is 1. The largest absolute Gasteiger partial charge is 0.497 e. The van der Waals surface area contributed by atoms with E-state index in [0.29, 0.717) is 5.52 Å². The lowest BCUT2D eigenvalue weighted by Crippen LogP contribution is -2.22. The molecule has 0 aliphatic carbocycles. The minimum Gasteiger partial charge on any atom is -0.497 e. The monoisotopic (exact) mass is 454 g/mol. The maximum Gasteiger partial charge on any atom is 0.454 e. The van der Waals surface area contributed by atoms with Crippen molar-refractivity contribution in [2.75, 3.05) is 7.11 Å². The van der Waals surface area contributed by atoms with Crippen LogP contribution in [0.1, 0.15) is 26.3 Å². The average molecular weight is 454 g/mol. The topological polar surface area (TPSA) is 95.2 Å². The normalized spacial score (nSPS) is 11.3. The van der Waals surface area contributed by atoms with Crippen LogP contribution in [0.25, 0.3) is 21.8 Å². The fourth-order valence-corrected chi connectivity index (χ4v) is 3.16. The van der Waals surface area contributed by atoms with Crippen molar-refractivity contribution in [2.24, 2.45) is 0 Å². The van der Waals surface area contributed by atoms with Crippen molar-refractivity contribution in [1.82, 2.24) is 9.97 Å². The number of H-pyrrole nitrogens is 2. The highest BCUT2D eigenvalue weighted by Crippen LogP contribution is 2.31. The number of Topliss-reactive ketones (excluding diaryl/α,β-unsaturated/α-hetero) is 1. The van der Waals surface area contributed by atoms with E-state index < -0.39 is 40.5 Å². The molecule has 0 aliphatic heterocycles. The molecule has 0 saturated carbocycles. The van der Waals surface area contributed by atoms with Gasteiger partial charge in [-0.2, -0.15) is 13.2 Å². The van der Waals surface area contributed by atoms with Crippen molar-refractivity contribution >= 4 is 33.6 Å². The van der Waals surface area contributed by atoms with E-state index in [-0.39, 0.29) is 22.2 Å². The van der Waals surface area contributed by atoms with Crippen molar-refractivity contribution < 1.29 is 41.4 Å². The number of methoxy groups -OCH3 is 1. The van der Waals surface area contributed by atoms with Crippen LogP contribution in [0.5, 0.6) is 5.75 Å². The van der Waals surface area contributed by atoms with Crippen molar-refractivity contribution in [3.63, 3.8) is 0 Å². The zero-order valence-corrected chi connectivity index (χ0v) is 16.5. The smallest absolute Gasteiger partial charge is 0.454 e. The fraction of sp³-hybridized carbons (Fsp3) is 0.143. The van der Waals surface area contributed by atoms with Crippen LogP contribution in [-0.2, 0) is 0 Å². The van der Waals surface area contributed by atoms with Crippen LogP contribution >= 0.6 is 0 Å². The van der Waals surface area contributed by atoms with Gasteiger partial charge in [0.15, 0.2) is 0 Å². The summed E-state index contributed by atoms with van der Waals surface area (Å²) in [5.74, 6) is -4.51. The van der Waals surface area contributed by atoms with Crippen LogP contribution in [0.2, 0.25) is 0 Å². The number of aromatic nitrogens is 2. The van der Waals surface area contributed by atoms with Crippen LogP contribution in [-0.4, -0.2) is 40.1 Å². The van der Waals surface area contributed by atoms with Gasteiger partial charge in [0, 0.05) is 40.8 Å². The number of carboxylic acid groups (broad SMARTS) is 1. The molecule has 2 heterocycles. The first-order valence-corrected chi connectivity index (χ1v) is 8.90. The van der Waals surface area contributed by atoms with E-state index in [2.05, 4.69) is 9.97 Å². The summed E-state index contributed by atoms with van der Waals surface area (Å²) in [7, 11) is 1.30. The molecule has 0 fully saturated rings. The number of hydrogen-bond donors (Lipinski definition) is 3. The van der Waals surface area contributed by atoms with E-state index in [1.165, 1.54) is 25.4 Å². The Hall–Kier alpha value is -3.89. The Labute approximate surface area is 176 Å². The third-order valence-electron chi connectivity index (χ3n) is 4.55. The zero-order valence-electron chi connectivity index (χ0n) is 16.5. The molecule has 6 nitrogen and oxygen atoms in total. The number of aromatic amines is 2. The van der Waals surface area contributed by atoms with Gasteiger partial charge in [0.05, 0.1) is 23.8 Å². The van der Waals surface area contributed by atoms with E-state index in [1.54, 1.807) is 13.0 Å². The first kappa shape index (κ1) is 22.8. The van der Waals surface area contributed by atoms with E-state index >= 15 is 0 Å². The molecule has 0 saturated heterocycles. The lowest BCUT2D eigenvalue weighted by Gasteiger charge is -2.05. The summed E-state index contributed by atoms with van der Waals surface area (Å²) in [6, 6.07) is 5.27. The van der Waals surface area contributed by atoms with Crippen molar-refractivity contribution in [2.45, 2.75) is 13.1 Å². The van der Waals surface area contributed by atoms with Crippen molar-refractivity contribution in [3.05, 3.63) is 65.0 Å². The number of rotatable bonds is 3. The van der Waals surface area contributed by atoms with Crippen LogP contribution in [0.3, 0.4) is 0 Å². The first-order valence-electron chi connectivity index (χ1n) is 8.90. The molecule has 4 aromatic rings. The second-order valence-electron chi connectivity index (χ2n) is 6.74. The van der Waals surface area contributed by atoms with Crippen LogP contribution in [0.15, 0.2) is 36.7 Å². The Balaban J connectivity index is 0.000000186. The number of alkyl halides is 3. The summed E-state index contributed by atoms with van der Waals surface area (Å²) in [5, 5.41) is 8.53. The number of carbonyl (C=O) groups is 2. The summed E-state index contributed by atoms with van der Waals surface area (Å²) in [6.45, 7) is 1.75. The molecule has 0 atom stereocenters. The summed E-state index contributed by atoms with van der Waals surface area (Å²) in [4.78, 5) is 27.0. The van der Waals surface area contributed by atoms with Gasteiger partial charge in [-0.1, -0.05) is 0 Å². The number of halogens is 5. The van der Waals surface area contributed by atoms with Gasteiger partial charge in [-0.3, -0.25) is 4.79 Å². The molecule has 0 spiro atoms. The van der Waals surface area contributed by atoms with Crippen molar-refractivity contribution in [1.29, 1.82) is 0 Å². The zero-order chi connectivity index (χ0) is 23.8. The van der Waals surface area contributed by atoms with Gasteiger partial charge < -0.3 is 19.8 Å². The lowest BCUT2D eigenvalue weighted by molar-refractivity contribution is -0.0884. The predicted octanol–water partition coefficient (Wildman–Crippen LogP) is 5.37. The number of benzene rings is 2. The second kappa shape index (κ2) is 8.33. The highest BCUT2D eigenvalue weighted by Gasteiger charge is 2.41. The maximum absolute atomic E-state index is 13.7. The summed E-state index contributed by atoms with van der Waals surface area (Å²) >= 11 is 0. The van der Waals surface area contributed by atoms with E-state index in [1.807, 2.05) is 0 Å². The molecular weight excluding hydrogens is 439 g/mol. The molecule has 2 aromatic carbocycles. The Morgan fingerprint density at radius 2 is 1.44 bits per heavy atom. The highest BCUT2D eigenvalue weighted by atomic mass is 19.4. The minimum absolute atomic E-state index is 0.0301. The fourth-order valence-electron chi connectivity index (χ4n) is 3.16. The molecular formula is C21H15F5N2O4. The van der Waals surface area contributed by atoms with E-state index in [4.69, 9.17) is 9.84 Å². The molecule has 0 amide bonds. The first-order chi connectivity index (χ1) is 14.9. The molecule has 11 heteroatoms. The van der Waals surface area contributed by atoms with Crippen LogP contribution in [0.4, 0.5) is 22.0 Å². The Bertz CT molecular complexity index is 1340. The molecule has 168 valence electrons. The SMILES string of the molecule is COc1cc(F)c2c(C(=O)C(F)(F)F)c[nH]c2c1.Cc1cc(F)c2c(C(=O)O)c[nH]c2c1. The summed E-state index contributed by atoms with van der Waals surface area (Å²) < 4.78 is 68.8. The standard InChI is InChI=1S/C11H7F4NO2.C10H8FNO2/c1-18-5-2-7(12)9-6(4-16-8(9)3-5)10(17)11(13,14)15;1-5-2-7(11)9-6(10(13)14)4-12-8(9)3-5/h2-4,16H,1H3;2-4,12H,1H3,(H,13,14). The number of ketones is 1. The Morgan fingerprint density at radius 3 is 2.00 bits per heavy atom. The van der Waals surface area contributed by atoms with Gasteiger partial charge in [0.25, 0.3) is 5.78 Å². The van der Waals surface area contributed by atoms with Gasteiger partial charge in [-0.25, -0.2) is 13.6 Å². The molecule has 0 aliphatic rings. The molecule has 4 rings (SSSR count). The number of aryl methyl sites for hydroxylation is 1. The number of aromatic carboxylic acids is 1. The number of fused-ring (bicyclic) bond motifs is 2. The summed E-state index contributed by atoms with van der Waals surface area (Å²) in [6.07, 6.45) is -2.90. The van der Waals surface area contributed by atoms with E-state index in [0.717, 1.165) is 17.8 Å². The molecule has 0 bridgehead atoms. The molecule has 3 N–H and O–H groups in total. The van der Waals surface area contributed by atoms with Crippen LogP contribution < -0.4 is 4.74 Å². The molecule has 32 heavy (non-hydrogen) atoms. The second-order valence-corrected chi connectivity index (χ2v) is 6.74. The van der Waals surface area contributed by atoms with Crippen molar-refractivity contribution in [3.8, 4) is 5.75 Å². The van der Waals surface area contributed by atoms with E-state index in [9.17, 15) is 31.5 Å². The third kappa shape index (κ3) is 4.27.